The number of hydrogen-bond donors (Lipinski definition) is 1. The van der Waals surface area contributed by atoms with Crippen LogP contribution in [0.1, 0.15) is 37.3 Å². The summed E-state index contributed by atoms with van der Waals surface area (Å²) in [6.45, 7) is 2.02. The first-order valence-corrected chi connectivity index (χ1v) is 12.7. The van der Waals surface area contributed by atoms with Gasteiger partial charge >= 0.3 is 0 Å². The smallest absolute Gasteiger partial charge is 0.160 e. The molecule has 0 unspecified atom stereocenters. The molecule has 1 fully saturated rings. The zero-order valence-corrected chi connectivity index (χ0v) is 20.8. The number of aliphatic hydroxyl groups excluding tert-OH is 1. The molecule has 1 aliphatic carbocycles. The van der Waals surface area contributed by atoms with Crippen molar-refractivity contribution in [2.45, 2.75) is 44.8 Å². The molecular formula is C28H25N9O. The highest BCUT2D eigenvalue weighted by molar-refractivity contribution is 5.93. The van der Waals surface area contributed by atoms with Crippen molar-refractivity contribution in [1.29, 1.82) is 0 Å². The number of hydrogen-bond acceptors (Lipinski definition) is 8. The van der Waals surface area contributed by atoms with Crippen molar-refractivity contribution in [1.82, 2.24) is 44.3 Å². The average Bonchev–Trinajstić information content (AvgIpc) is 3.61. The first kappa shape index (κ1) is 22.6. The highest BCUT2D eigenvalue weighted by Crippen LogP contribution is 2.32. The molecule has 10 heteroatoms. The monoisotopic (exact) mass is 503 g/mol. The molecule has 10 nitrogen and oxygen atoms in total. The Morgan fingerprint density at radius 3 is 2.58 bits per heavy atom. The Labute approximate surface area is 218 Å². The molecule has 1 saturated carbocycles. The van der Waals surface area contributed by atoms with E-state index in [0.29, 0.717) is 17.4 Å². The van der Waals surface area contributed by atoms with Crippen LogP contribution in [0, 0.1) is 6.92 Å². The van der Waals surface area contributed by atoms with Crippen LogP contribution in [0.4, 0.5) is 0 Å². The van der Waals surface area contributed by atoms with Crippen LogP contribution in [0.5, 0.6) is 0 Å². The first-order valence-electron chi connectivity index (χ1n) is 12.7. The second-order valence-corrected chi connectivity index (χ2v) is 9.80. The second kappa shape index (κ2) is 9.07. The van der Waals surface area contributed by atoms with Crippen LogP contribution in [-0.4, -0.2) is 55.5 Å². The van der Waals surface area contributed by atoms with Crippen LogP contribution in [-0.2, 0) is 0 Å². The quantitative estimate of drug-likeness (QED) is 0.375. The van der Waals surface area contributed by atoms with Gasteiger partial charge in [0.15, 0.2) is 11.3 Å². The van der Waals surface area contributed by atoms with Crippen molar-refractivity contribution in [3.8, 4) is 33.8 Å². The third-order valence-corrected chi connectivity index (χ3v) is 7.34. The van der Waals surface area contributed by atoms with Gasteiger partial charge in [0, 0.05) is 46.9 Å². The maximum absolute atomic E-state index is 9.81. The third kappa shape index (κ3) is 3.90. The second-order valence-electron chi connectivity index (χ2n) is 9.80. The number of fused-ring (bicyclic) bond motifs is 2. The molecule has 6 heterocycles. The van der Waals surface area contributed by atoms with Gasteiger partial charge in [-0.1, -0.05) is 0 Å². The van der Waals surface area contributed by atoms with E-state index in [1.54, 1.807) is 24.8 Å². The predicted molar refractivity (Wildman–Crippen MR) is 142 cm³/mol. The SMILES string of the molecule is Cc1cc2c(-c3cnc4cc(-c5cnn(C6CCC(O)CC6)c5)cnn34)ccnc2nc1-c1cnccn1. The van der Waals surface area contributed by atoms with Crippen molar-refractivity contribution < 1.29 is 5.11 Å². The average molecular weight is 504 g/mol. The van der Waals surface area contributed by atoms with Gasteiger partial charge in [0.2, 0.25) is 0 Å². The van der Waals surface area contributed by atoms with Crippen LogP contribution >= 0.6 is 0 Å². The molecule has 7 rings (SSSR count). The van der Waals surface area contributed by atoms with Crippen molar-refractivity contribution in [2.75, 3.05) is 0 Å². The molecular weight excluding hydrogens is 478 g/mol. The van der Waals surface area contributed by atoms with Gasteiger partial charge in [-0.25, -0.2) is 19.5 Å². The normalized spacial score (nSPS) is 17.8. The van der Waals surface area contributed by atoms with Crippen LogP contribution in [0.2, 0.25) is 0 Å². The Kier molecular flexibility index (Phi) is 5.40. The van der Waals surface area contributed by atoms with Crippen LogP contribution in [0.15, 0.2) is 67.8 Å². The minimum atomic E-state index is -0.181. The number of nitrogens with zero attached hydrogens (tertiary/aromatic N) is 9. The number of imidazole rings is 1. The largest absolute Gasteiger partial charge is 0.393 e. The highest BCUT2D eigenvalue weighted by atomic mass is 16.3. The molecule has 38 heavy (non-hydrogen) atoms. The highest BCUT2D eigenvalue weighted by Gasteiger charge is 2.22. The lowest BCUT2D eigenvalue weighted by atomic mass is 9.93. The van der Waals surface area contributed by atoms with Crippen LogP contribution < -0.4 is 0 Å². The summed E-state index contributed by atoms with van der Waals surface area (Å²) in [6.07, 6.45) is 17.8. The van der Waals surface area contributed by atoms with Crippen LogP contribution in [0.3, 0.4) is 0 Å². The van der Waals surface area contributed by atoms with Gasteiger partial charge in [0.05, 0.1) is 48.3 Å². The van der Waals surface area contributed by atoms with Crippen LogP contribution in [0.25, 0.3) is 50.5 Å². The molecule has 0 aromatic carbocycles. The molecule has 1 N–H and O–H groups in total. The summed E-state index contributed by atoms with van der Waals surface area (Å²) in [4.78, 5) is 22.6. The van der Waals surface area contributed by atoms with Crippen molar-refractivity contribution >= 4 is 16.7 Å². The zero-order chi connectivity index (χ0) is 25.6. The summed E-state index contributed by atoms with van der Waals surface area (Å²) in [6, 6.07) is 6.41. The Morgan fingerprint density at radius 2 is 1.74 bits per heavy atom. The number of aliphatic hydroxyl groups is 1. The molecule has 6 aromatic heterocycles. The summed E-state index contributed by atoms with van der Waals surface area (Å²) in [5.41, 5.74) is 7.62. The minimum absolute atomic E-state index is 0.181. The lowest BCUT2D eigenvalue weighted by Crippen LogP contribution is -2.21. The first-order chi connectivity index (χ1) is 18.6. The summed E-state index contributed by atoms with van der Waals surface area (Å²) in [7, 11) is 0. The molecule has 0 atom stereocenters. The fourth-order valence-electron chi connectivity index (χ4n) is 5.30. The molecule has 188 valence electrons. The van der Waals surface area contributed by atoms with Gasteiger partial charge in [0.1, 0.15) is 5.69 Å². The Balaban J connectivity index is 1.24. The lowest BCUT2D eigenvalue weighted by molar-refractivity contribution is 0.108. The zero-order valence-electron chi connectivity index (χ0n) is 20.8. The maximum Gasteiger partial charge on any atom is 0.160 e. The van der Waals surface area contributed by atoms with Gasteiger partial charge in [-0.2, -0.15) is 10.2 Å². The molecule has 0 aliphatic heterocycles. The molecule has 0 saturated heterocycles. The Morgan fingerprint density at radius 1 is 0.868 bits per heavy atom. The number of aryl methyl sites for hydroxylation is 1. The number of aromatic nitrogens is 9. The van der Waals surface area contributed by atoms with E-state index < -0.39 is 0 Å². The fourth-order valence-corrected chi connectivity index (χ4v) is 5.30. The van der Waals surface area contributed by atoms with Crippen molar-refractivity contribution in [3.63, 3.8) is 0 Å². The van der Waals surface area contributed by atoms with E-state index in [-0.39, 0.29) is 6.10 Å². The van der Waals surface area contributed by atoms with Gasteiger partial charge < -0.3 is 5.11 Å². The predicted octanol–water partition coefficient (Wildman–Crippen LogP) is 4.44. The standard InChI is InChI=1S/C28H25N9O/c1-17-10-23-22(6-7-31-28(23)35-27(17)24-14-29-8-9-30-24)25-15-32-26-11-18(12-34-37(25)26)19-13-33-36(16-19)20-2-4-21(38)5-3-20/h6-16,20-21,38H,2-5H2,1H3. The third-order valence-electron chi connectivity index (χ3n) is 7.34. The number of rotatable bonds is 4. The molecule has 0 spiro atoms. The summed E-state index contributed by atoms with van der Waals surface area (Å²) >= 11 is 0. The maximum atomic E-state index is 9.81. The summed E-state index contributed by atoms with van der Waals surface area (Å²) in [5.74, 6) is 0. The molecule has 0 radical (unpaired) electrons. The fraction of sp³-hybridized carbons (Fsp3) is 0.250. The Bertz CT molecular complexity index is 1770. The topological polar surface area (TPSA) is 120 Å². The van der Waals surface area contributed by atoms with E-state index in [0.717, 1.165) is 70.4 Å². The minimum Gasteiger partial charge on any atom is -0.393 e. The van der Waals surface area contributed by atoms with Crippen molar-refractivity contribution in [2.24, 2.45) is 0 Å². The van der Waals surface area contributed by atoms with E-state index in [4.69, 9.17) is 10.1 Å². The van der Waals surface area contributed by atoms with E-state index in [1.165, 1.54) is 0 Å². The lowest BCUT2D eigenvalue weighted by Gasteiger charge is -2.25. The number of pyridine rings is 2. The molecule has 0 amide bonds. The van der Waals surface area contributed by atoms with E-state index >= 15 is 0 Å². The molecule has 0 bridgehead atoms. The summed E-state index contributed by atoms with van der Waals surface area (Å²) in [5, 5.41) is 20.1. The van der Waals surface area contributed by atoms with E-state index in [1.807, 2.05) is 46.8 Å². The van der Waals surface area contributed by atoms with Gasteiger partial charge in [-0.3, -0.25) is 14.6 Å². The van der Waals surface area contributed by atoms with Gasteiger partial charge in [-0.05, 0) is 56.4 Å². The van der Waals surface area contributed by atoms with Gasteiger partial charge in [0.25, 0.3) is 0 Å². The Hall–Kier alpha value is -4.57. The van der Waals surface area contributed by atoms with E-state index in [9.17, 15) is 5.11 Å². The van der Waals surface area contributed by atoms with Crippen molar-refractivity contribution in [3.05, 3.63) is 73.3 Å². The van der Waals surface area contributed by atoms with E-state index in [2.05, 4.69) is 37.3 Å². The summed E-state index contributed by atoms with van der Waals surface area (Å²) < 4.78 is 3.87. The molecule has 1 aliphatic rings. The van der Waals surface area contributed by atoms with Gasteiger partial charge in [-0.15, -0.1) is 0 Å². The molecule has 6 aromatic rings.